The molecule has 4 rings (SSSR count). The lowest BCUT2D eigenvalue weighted by Crippen LogP contribution is -2.38. The van der Waals surface area contributed by atoms with E-state index < -0.39 is 17.7 Å². The van der Waals surface area contributed by atoms with E-state index in [1.54, 1.807) is 24.3 Å². The van der Waals surface area contributed by atoms with E-state index >= 15 is 0 Å². The smallest absolute Gasteiger partial charge is 0.295 e. The molecule has 1 N–H and O–H groups in total. The molecule has 9 heteroatoms. The first kappa shape index (κ1) is 27.3. The number of carbonyl (C=O) groups excluding carboxylic acids is 2. The summed E-state index contributed by atoms with van der Waals surface area (Å²) >= 11 is 0. The maximum Gasteiger partial charge on any atom is 0.295 e. The van der Waals surface area contributed by atoms with Crippen molar-refractivity contribution in [2.75, 3.05) is 47.5 Å². The number of fused-ring (bicyclic) bond motifs is 1. The standard InChI is InChI=1S/C29H36N2O7/c1-7-30(8-2)11-12-31-25(20-15-22(35-4)28(37-6)23(16-20)36-5)24(27(33)29(31)34)26(32)18-9-10-21-19(14-18)13-17(3)38-21/h9-10,14-17,25,32H,7-8,11-13H2,1-6H3. The predicted molar refractivity (Wildman–Crippen MR) is 143 cm³/mol. The van der Waals surface area contributed by atoms with E-state index in [2.05, 4.69) is 4.90 Å². The zero-order valence-corrected chi connectivity index (χ0v) is 22.9. The summed E-state index contributed by atoms with van der Waals surface area (Å²) in [7, 11) is 4.52. The molecule has 1 amide bonds. The monoisotopic (exact) mass is 524 g/mol. The predicted octanol–water partition coefficient (Wildman–Crippen LogP) is 3.80. The number of methoxy groups -OCH3 is 3. The van der Waals surface area contributed by atoms with Crippen LogP contribution in [0.1, 0.15) is 43.5 Å². The van der Waals surface area contributed by atoms with Crippen LogP contribution in [0.3, 0.4) is 0 Å². The highest BCUT2D eigenvalue weighted by atomic mass is 16.5. The van der Waals surface area contributed by atoms with Gasteiger partial charge in [-0.05, 0) is 61.5 Å². The Hall–Kier alpha value is -3.72. The zero-order valence-electron chi connectivity index (χ0n) is 22.9. The molecule has 0 bridgehead atoms. The third kappa shape index (κ3) is 4.90. The summed E-state index contributed by atoms with van der Waals surface area (Å²) in [5.74, 6) is 0.317. The van der Waals surface area contributed by atoms with Gasteiger partial charge in [0.15, 0.2) is 11.5 Å². The van der Waals surface area contributed by atoms with Crippen molar-refractivity contribution in [3.8, 4) is 23.0 Å². The summed E-state index contributed by atoms with van der Waals surface area (Å²) in [6, 6.07) is 7.91. The number of amides is 1. The lowest BCUT2D eigenvalue weighted by atomic mass is 9.94. The number of likely N-dealkylation sites (tertiary alicyclic amines) is 1. The lowest BCUT2D eigenvalue weighted by Gasteiger charge is -2.29. The van der Waals surface area contributed by atoms with Crippen LogP contribution in [0.2, 0.25) is 0 Å². The van der Waals surface area contributed by atoms with Gasteiger partial charge in [-0.1, -0.05) is 13.8 Å². The van der Waals surface area contributed by atoms with Crippen LogP contribution in [0.5, 0.6) is 23.0 Å². The number of benzene rings is 2. The Labute approximate surface area is 223 Å². The van der Waals surface area contributed by atoms with Gasteiger partial charge in [-0.25, -0.2) is 0 Å². The highest BCUT2D eigenvalue weighted by Crippen LogP contribution is 2.46. The number of aliphatic hydroxyl groups is 1. The first-order valence-electron chi connectivity index (χ1n) is 12.9. The topological polar surface area (TPSA) is 97.8 Å². The van der Waals surface area contributed by atoms with E-state index in [9.17, 15) is 14.7 Å². The van der Waals surface area contributed by atoms with Gasteiger partial charge in [0.25, 0.3) is 11.7 Å². The quantitative estimate of drug-likeness (QED) is 0.285. The van der Waals surface area contributed by atoms with Crippen molar-refractivity contribution in [3.05, 3.63) is 52.6 Å². The molecule has 0 aromatic heterocycles. The molecule has 2 heterocycles. The Balaban J connectivity index is 1.87. The molecular formula is C29H36N2O7. The first-order chi connectivity index (χ1) is 18.3. The van der Waals surface area contributed by atoms with E-state index in [1.165, 1.54) is 26.2 Å². The van der Waals surface area contributed by atoms with Crippen LogP contribution in [-0.4, -0.2) is 80.2 Å². The van der Waals surface area contributed by atoms with Gasteiger partial charge in [-0.15, -0.1) is 0 Å². The average molecular weight is 525 g/mol. The van der Waals surface area contributed by atoms with Gasteiger partial charge in [0, 0.05) is 25.1 Å². The van der Waals surface area contributed by atoms with Crippen molar-refractivity contribution in [2.45, 2.75) is 39.3 Å². The van der Waals surface area contributed by atoms with Crippen LogP contribution in [0.15, 0.2) is 35.9 Å². The summed E-state index contributed by atoms with van der Waals surface area (Å²) < 4.78 is 22.4. The number of ether oxygens (including phenoxy) is 4. The Morgan fingerprint density at radius 1 is 1.05 bits per heavy atom. The van der Waals surface area contributed by atoms with Gasteiger partial charge < -0.3 is 33.9 Å². The van der Waals surface area contributed by atoms with Crippen molar-refractivity contribution in [1.82, 2.24) is 9.80 Å². The summed E-state index contributed by atoms with van der Waals surface area (Å²) in [6.45, 7) is 8.58. The third-order valence-electron chi connectivity index (χ3n) is 7.26. The highest BCUT2D eigenvalue weighted by Gasteiger charge is 2.46. The third-order valence-corrected chi connectivity index (χ3v) is 7.26. The van der Waals surface area contributed by atoms with Crippen LogP contribution in [0, 0.1) is 0 Å². The molecule has 38 heavy (non-hydrogen) atoms. The minimum atomic E-state index is -0.845. The second kappa shape index (κ2) is 11.3. The van der Waals surface area contributed by atoms with Crippen LogP contribution >= 0.6 is 0 Å². The molecular weight excluding hydrogens is 488 g/mol. The molecule has 2 aliphatic rings. The van der Waals surface area contributed by atoms with Crippen LogP contribution in [0.25, 0.3) is 5.76 Å². The Bertz CT molecular complexity index is 1230. The number of hydrogen-bond donors (Lipinski definition) is 1. The highest BCUT2D eigenvalue weighted by molar-refractivity contribution is 6.46. The molecule has 1 fully saturated rings. The first-order valence-corrected chi connectivity index (χ1v) is 12.9. The van der Waals surface area contributed by atoms with Gasteiger partial charge >= 0.3 is 0 Å². The van der Waals surface area contributed by atoms with Gasteiger partial charge in [0.2, 0.25) is 5.75 Å². The van der Waals surface area contributed by atoms with E-state index in [-0.39, 0.29) is 17.4 Å². The molecule has 2 aliphatic heterocycles. The molecule has 0 radical (unpaired) electrons. The summed E-state index contributed by atoms with van der Waals surface area (Å²) in [5.41, 5.74) is 2.00. The number of carbonyl (C=O) groups is 2. The normalized spacial score (nSPS) is 20.0. The van der Waals surface area contributed by atoms with Crippen molar-refractivity contribution < 1.29 is 33.6 Å². The molecule has 9 nitrogen and oxygen atoms in total. The maximum atomic E-state index is 13.5. The van der Waals surface area contributed by atoms with Crippen molar-refractivity contribution >= 4 is 17.4 Å². The van der Waals surface area contributed by atoms with Crippen molar-refractivity contribution in [1.29, 1.82) is 0 Å². The van der Waals surface area contributed by atoms with E-state index in [1.807, 2.05) is 26.8 Å². The molecule has 2 unspecified atom stereocenters. The fourth-order valence-electron chi connectivity index (χ4n) is 5.23. The molecule has 2 aromatic rings. The molecule has 1 saturated heterocycles. The Morgan fingerprint density at radius 3 is 2.29 bits per heavy atom. The second-order valence-electron chi connectivity index (χ2n) is 9.43. The molecule has 0 aliphatic carbocycles. The largest absolute Gasteiger partial charge is 0.507 e. The molecule has 2 aromatic carbocycles. The Kier molecular flexibility index (Phi) is 8.16. The van der Waals surface area contributed by atoms with Gasteiger partial charge in [0.05, 0.1) is 32.9 Å². The summed E-state index contributed by atoms with van der Waals surface area (Å²) in [6.07, 6.45) is 0.734. The number of aliphatic hydroxyl groups excluding tert-OH is 1. The van der Waals surface area contributed by atoms with Crippen molar-refractivity contribution in [2.24, 2.45) is 0 Å². The summed E-state index contributed by atoms with van der Waals surface area (Å²) in [5, 5.41) is 11.5. The van der Waals surface area contributed by atoms with Crippen LogP contribution < -0.4 is 18.9 Å². The van der Waals surface area contributed by atoms with E-state index in [0.29, 0.717) is 47.9 Å². The number of hydrogen-bond acceptors (Lipinski definition) is 8. The minimum Gasteiger partial charge on any atom is -0.507 e. The number of likely N-dealkylation sites (N-methyl/N-ethyl adjacent to an activating group) is 1. The molecule has 0 spiro atoms. The van der Waals surface area contributed by atoms with Gasteiger partial charge in [0.1, 0.15) is 17.6 Å². The number of nitrogens with zero attached hydrogens (tertiary/aromatic N) is 2. The average Bonchev–Trinajstić information content (AvgIpc) is 3.43. The second-order valence-corrected chi connectivity index (χ2v) is 9.43. The van der Waals surface area contributed by atoms with E-state index in [4.69, 9.17) is 18.9 Å². The minimum absolute atomic E-state index is 0.0238. The maximum absolute atomic E-state index is 13.5. The van der Waals surface area contributed by atoms with Crippen molar-refractivity contribution in [3.63, 3.8) is 0 Å². The van der Waals surface area contributed by atoms with Crippen LogP contribution in [-0.2, 0) is 16.0 Å². The molecule has 0 saturated carbocycles. The van der Waals surface area contributed by atoms with Gasteiger partial charge in [-0.3, -0.25) is 9.59 Å². The lowest BCUT2D eigenvalue weighted by molar-refractivity contribution is -0.140. The molecule has 204 valence electrons. The molecule has 2 atom stereocenters. The zero-order chi connectivity index (χ0) is 27.6. The fourth-order valence-corrected chi connectivity index (χ4v) is 5.23. The summed E-state index contributed by atoms with van der Waals surface area (Å²) in [4.78, 5) is 30.6. The van der Waals surface area contributed by atoms with Gasteiger partial charge in [-0.2, -0.15) is 0 Å². The Morgan fingerprint density at radius 2 is 1.71 bits per heavy atom. The SMILES string of the molecule is CCN(CC)CCN1C(=O)C(=O)C(=C(O)c2ccc3c(c2)CC(C)O3)C1c1cc(OC)c(OC)c(OC)c1. The van der Waals surface area contributed by atoms with Crippen LogP contribution in [0.4, 0.5) is 0 Å². The fraction of sp³-hybridized carbons (Fsp3) is 0.448. The number of ketones is 1. The number of rotatable bonds is 10. The van der Waals surface area contributed by atoms with E-state index in [0.717, 1.165) is 24.4 Å². The number of Topliss-reactive ketones (excluding diaryl/α,β-unsaturated/α-hetero) is 1.